The maximum absolute atomic E-state index is 12.7. The number of amides is 1. The summed E-state index contributed by atoms with van der Waals surface area (Å²) in [6, 6.07) is 25.5. The van der Waals surface area contributed by atoms with Crippen molar-refractivity contribution in [1.82, 2.24) is 0 Å². The van der Waals surface area contributed by atoms with Crippen molar-refractivity contribution in [2.24, 2.45) is 0 Å². The molecule has 0 aromatic heterocycles. The number of halogens is 3. The van der Waals surface area contributed by atoms with E-state index in [0.717, 1.165) is 29.6 Å². The summed E-state index contributed by atoms with van der Waals surface area (Å²) in [5.41, 5.74) is 3.17. The molecule has 4 aromatic carbocycles. The zero-order valence-corrected chi connectivity index (χ0v) is 23.7. The van der Waals surface area contributed by atoms with E-state index in [9.17, 15) is 10.1 Å². The molecule has 7 heteroatoms. The first-order chi connectivity index (χ1) is 16.9. The highest BCUT2D eigenvalue weighted by Gasteiger charge is 2.14. The van der Waals surface area contributed by atoms with Gasteiger partial charge in [0.2, 0.25) is 0 Å². The van der Waals surface area contributed by atoms with E-state index in [2.05, 4.69) is 74.8 Å². The third-order valence-electron chi connectivity index (χ3n) is 5.46. The van der Waals surface area contributed by atoms with E-state index in [0.29, 0.717) is 17.3 Å². The van der Waals surface area contributed by atoms with Gasteiger partial charge in [-0.15, -0.1) is 0 Å². The monoisotopic (exact) mass is 704 g/mol. The molecule has 0 saturated carbocycles. The summed E-state index contributed by atoms with van der Waals surface area (Å²) in [6.45, 7) is 2.25. The van der Waals surface area contributed by atoms with E-state index in [4.69, 9.17) is 16.3 Å². The Bertz CT molecular complexity index is 1480. The van der Waals surface area contributed by atoms with E-state index in [1.54, 1.807) is 24.3 Å². The first kappa shape index (κ1) is 25.5. The van der Waals surface area contributed by atoms with Crippen LogP contribution >= 0.6 is 56.8 Å². The van der Waals surface area contributed by atoms with Crippen molar-refractivity contribution >= 4 is 85.2 Å². The summed E-state index contributed by atoms with van der Waals surface area (Å²) in [5.74, 6) is 0.285. The molecule has 4 nitrogen and oxygen atoms in total. The first-order valence-electron chi connectivity index (χ1n) is 10.6. The molecular weight excluding hydrogens is 686 g/mol. The number of fused-ring (bicyclic) bond motifs is 1. The highest BCUT2D eigenvalue weighted by atomic mass is 127. The summed E-state index contributed by atoms with van der Waals surface area (Å²) in [5, 5.41) is 15.3. The van der Waals surface area contributed by atoms with E-state index in [1.807, 2.05) is 43.3 Å². The fourth-order valence-corrected chi connectivity index (χ4v) is 5.92. The zero-order chi connectivity index (χ0) is 24.9. The molecule has 0 aliphatic carbocycles. The molecule has 0 spiro atoms. The largest absolute Gasteiger partial charge is 0.487 e. The number of hydrogen-bond acceptors (Lipinski definition) is 3. The fourth-order valence-electron chi connectivity index (χ4n) is 3.62. The van der Waals surface area contributed by atoms with Crippen molar-refractivity contribution in [3.05, 3.63) is 107 Å². The highest BCUT2D eigenvalue weighted by molar-refractivity contribution is 14.1. The van der Waals surface area contributed by atoms with Crippen LogP contribution in [0.25, 0.3) is 16.8 Å². The summed E-state index contributed by atoms with van der Waals surface area (Å²) in [7, 11) is 0. The van der Waals surface area contributed by atoms with E-state index in [1.165, 1.54) is 10.8 Å². The van der Waals surface area contributed by atoms with Gasteiger partial charge in [0.05, 0.1) is 7.14 Å². The summed E-state index contributed by atoms with van der Waals surface area (Å²) < 4.78 is 7.99. The number of hydrogen-bond donors (Lipinski definition) is 1. The lowest BCUT2D eigenvalue weighted by atomic mass is 10.1. The second-order valence-corrected chi connectivity index (χ2v) is 10.5. The van der Waals surface area contributed by atoms with Crippen molar-refractivity contribution in [3.8, 4) is 11.8 Å². The standard InChI is InChI=1S/C28H19ClI2N2O2/c1-17-23(29)10-5-11-26(17)33-28(34)21(15-32)12-18-13-24(30)27(25(31)14-18)35-16-20-8-4-7-19-6-2-3-9-22(19)20/h2-14H,16H2,1H3,(H,33,34)/b21-12-. The van der Waals surface area contributed by atoms with Crippen LogP contribution in [0.4, 0.5) is 5.69 Å². The molecule has 0 aliphatic heterocycles. The Kier molecular flexibility index (Phi) is 8.31. The molecule has 0 radical (unpaired) electrons. The molecule has 0 fully saturated rings. The normalized spacial score (nSPS) is 11.2. The number of ether oxygens (including phenoxy) is 1. The number of carbonyl (C=O) groups is 1. The van der Waals surface area contributed by atoms with Crippen LogP contribution in [0.5, 0.6) is 5.75 Å². The van der Waals surface area contributed by atoms with Gasteiger partial charge < -0.3 is 10.1 Å². The third-order valence-corrected chi connectivity index (χ3v) is 7.48. The van der Waals surface area contributed by atoms with Crippen LogP contribution in [0.3, 0.4) is 0 Å². The van der Waals surface area contributed by atoms with E-state index in [-0.39, 0.29) is 5.57 Å². The van der Waals surface area contributed by atoms with Gasteiger partial charge in [0, 0.05) is 10.7 Å². The highest BCUT2D eigenvalue weighted by Crippen LogP contribution is 2.31. The Morgan fingerprint density at radius 3 is 2.49 bits per heavy atom. The van der Waals surface area contributed by atoms with Crippen molar-refractivity contribution in [1.29, 1.82) is 5.26 Å². The number of rotatable bonds is 6. The molecule has 0 bridgehead atoms. The van der Waals surface area contributed by atoms with Crippen LogP contribution in [-0.4, -0.2) is 5.91 Å². The van der Waals surface area contributed by atoms with Crippen LogP contribution in [0.15, 0.2) is 78.4 Å². The Hall–Kier alpha value is -2.61. The zero-order valence-electron chi connectivity index (χ0n) is 18.6. The van der Waals surface area contributed by atoms with Crippen molar-refractivity contribution in [2.75, 3.05) is 5.32 Å². The Morgan fingerprint density at radius 2 is 1.74 bits per heavy atom. The molecule has 0 heterocycles. The van der Waals surface area contributed by atoms with Crippen LogP contribution in [0, 0.1) is 25.4 Å². The second kappa shape index (κ2) is 11.4. The molecule has 174 valence electrons. The number of nitrogens with zero attached hydrogens (tertiary/aromatic N) is 1. The average Bonchev–Trinajstić information content (AvgIpc) is 2.85. The average molecular weight is 705 g/mol. The summed E-state index contributed by atoms with van der Waals surface area (Å²) in [6.07, 6.45) is 1.58. The van der Waals surface area contributed by atoms with Crippen LogP contribution in [-0.2, 0) is 11.4 Å². The predicted octanol–water partition coefficient (Wildman–Crippen LogP) is 8.14. The molecule has 1 N–H and O–H groups in total. The number of nitriles is 1. The molecule has 0 aliphatic rings. The SMILES string of the molecule is Cc1c(Cl)cccc1NC(=O)/C(C#N)=C\c1cc(I)c(OCc2cccc3ccccc23)c(I)c1. The van der Waals surface area contributed by atoms with Gasteiger partial charge in [0.1, 0.15) is 24.0 Å². The quantitative estimate of drug-likeness (QED) is 0.125. The molecule has 4 aromatic rings. The van der Waals surface area contributed by atoms with Gasteiger partial charge in [0.15, 0.2) is 0 Å². The van der Waals surface area contributed by atoms with E-state index < -0.39 is 5.91 Å². The van der Waals surface area contributed by atoms with Gasteiger partial charge >= 0.3 is 0 Å². The topological polar surface area (TPSA) is 62.1 Å². The van der Waals surface area contributed by atoms with Gasteiger partial charge in [-0.25, -0.2) is 0 Å². The molecule has 35 heavy (non-hydrogen) atoms. The van der Waals surface area contributed by atoms with Crippen molar-refractivity contribution in [2.45, 2.75) is 13.5 Å². The van der Waals surface area contributed by atoms with Crippen molar-refractivity contribution < 1.29 is 9.53 Å². The predicted molar refractivity (Wildman–Crippen MR) is 159 cm³/mol. The smallest absolute Gasteiger partial charge is 0.266 e. The minimum atomic E-state index is -0.487. The number of carbonyl (C=O) groups excluding carboxylic acids is 1. The Balaban J connectivity index is 1.54. The van der Waals surface area contributed by atoms with Gasteiger partial charge in [-0.2, -0.15) is 5.26 Å². The maximum Gasteiger partial charge on any atom is 0.266 e. The fraction of sp³-hybridized carbons (Fsp3) is 0.0714. The first-order valence-corrected chi connectivity index (χ1v) is 13.2. The van der Waals surface area contributed by atoms with Crippen LogP contribution in [0.1, 0.15) is 16.7 Å². The lowest BCUT2D eigenvalue weighted by Crippen LogP contribution is -2.14. The van der Waals surface area contributed by atoms with Gasteiger partial charge in [-0.3, -0.25) is 4.79 Å². The van der Waals surface area contributed by atoms with E-state index >= 15 is 0 Å². The van der Waals surface area contributed by atoms with Gasteiger partial charge in [-0.05, 0) is 110 Å². The minimum Gasteiger partial charge on any atom is -0.487 e. The number of benzene rings is 4. The Morgan fingerprint density at radius 1 is 1.06 bits per heavy atom. The second-order valence-electron chi connectivity index (χ2n) is 7.78. The summed E-state index contributed by atoms with van der Waals surface area (Å²) in [4.78, 5) is 12.7. The van der Waals surface area contributed by atoms with Crippen LogP contribution < -0.4 is 10.1 Å². The maximum atomic E-state index is 12.7. The molecule has 0 saturated heterocycles. The lowest BCUT2D eigenvalue weighted by molar-refractivity contribution is -0.112. The molecular formula is C28H19ClI2N2O2. The molecule has 4 rings (SSSR count). The molecule has 0 unspecified atom stereocenters. The number of anilines is 1. The summed E-state index contributed by atoms with van der Waals surface area (Å²) >= 11 is 10.6. The van der Waals surface area contributed by atoms with Crippen LogP contribution in [0.2, 0.25) is 5.02 Å². The lowest BCUT2D eigenvalue weighted by Gasteiger charge is -2.13. The third kappa shape index (κ3) is 5.97. The van der Waals surface area contributed by atoms with Crippen molar-refractivity contribution in [3.63, 3.8) is 0 Å². The molecule has 1 amide bonds. The van der Waals surface area contributed by atoms with Gasteiger partial charge in [0.25, 0.3) is 5.91 Å². The molecule has 0 atom stereocenters. The minimum absolute atomic E-state index is 0.000370. The number of nitrogens with one attached hydrogen (secondary N) is 1. The Labute approximate surface area is 236 Å². The van der Waals surface area contributed by atoms with Gasteiger partial charge in [-0.1, -0.05) is 60.1 Å².